The fourth-order valence-corrected chi connectivity index (χ4v) is 1.94. The van der Waals surface area contributed by atoms with Crippen molar-refractivity contribution in [1.82, 2.24) is 25.4 Å². The lowest BCUT2D eigenvalue weighted by Gasteiger charge is -2.28. The van der Waals surface area contributed by atoms with E-state index >= 15 is 0 Å². The number of carbonyl (C=O) groups is 1. The van der Waals surface area contributed by atoms with Crippen molar-refractivity contribution in [1.29, 1.82) is 0 Å². The molecule has 0 radical (unpaired) electrons. The third kappa shape index (κ3) is 4.98. The molecule has 108 valence electrons. The van der Waals surface area contributed by atoms with Crippen molar-refractivity contribution in [3.63, 3.8) is 0 Å². The first-order chi connectivity index (χ1) is 8.71. The van der Waals surface area contributed by atoms with Crippen molar-refractivity contribution in [3.8, 4) is 0 Å². The molecule has 0 bridgehead atoms. The van der Waals surface area contributed by atoms with Gasteiger partial charge in [-0.25, -0.2) is 4.98 Å². The van der Waals surface area contributed by atoms with E-state index in [1.807, 2.05) is 27.9 Å². The van der Waals surface area contributed by atoms with Gasteiger partial charge in [-0.05, 0) is 19.5 Å². The number of hydrogen-bond acceptors (Lipinski definition) is 4. The highest BCUT2D eigenvalue weighted by atomic mass is 16.2. The number of aromatic amines is 1. The molecule has 1 rings (SSSR count). The number of rotatable bonds is 6. The topological polar surface area (TPSA) is 73.9 Å². The maximum atomic E-state index is 11.9. The Morgan fingerprint density at radius 1 is 1.42 bits per heavy atom. The molecule has 0 aliphatic rings. The van der Waals surface area contributed by atoms with Crippen LogP contribution in [0.4, 0.5) is 0 Å². The summed E-state index contributed by atoms with van der Waals surface area (Å²) in [4.78, 5) is 18.2. The molecule has 0 aliphatic carbocycles. The van der Waals surface area contributed by atoms with Gasteiger partial charge in [0.15, 0.2) is 0 Å². The van der Waals surface area contributed by atoms with Gasteiger partial charge in [0.05, 0.1) is 0 Å². The van der Waals surface area contributed by atoms with E-state index in [2.05, 4.69) is 39.2 Å². The highest BCUT2D eigenvalue weighted by Crippen LogP contribution is 2.14. The van der Waals surface area contributed by atoms with Gasteiger partial charge >= 0.3 is 0 Å². The number of amides is 1. The summed E-state index contributed by atoms with van der Waals surface area (Å²) in [7, 11) is 4.04. The zero-order chi connectivity index (χ0) is 14.6. The molecule has 0 spiro atoms. The molecule has 1 aromatic heterocycles. The number of carbonyl (C=O) groups excluding carboxylic acids is 1. The molecule has 0 unspecified atom stereocenters. The molecule has 0 atom stereocenters. The molecule has 6 nitrogen and oxygen atoms in total. The van der Waals surface area contributed by atoms with Crippen LogP contribution >= 0.6 is 0 Å². The second-order valence-corrected chi connectivity index (χ2v) is 6.28. The smallest absolute Gasteiger partial charge is 0.290 e. The summed E-state index contributed by atoms with van der Waals surface area (Å²) in [6.45, 7) is 9.73. The molecule has 1 aromatic rings. The molecule has 0 fully saturated rings. The largest absolute Gasteiger partial charge is 0.349 e. The van der Waals surface area contributed by atoms with E-state index in [4.69, 9.17) is 0 Å². The second kappa shape index (κ2) is 6.14. The van der Waals surface area contributed by atoms with Gasteiger partial charge in [0.2, 0.25) is 5.82 Å². The Bertz CT molecular complexity index is 422. The lowest BCUT2D eigenvalue weighted by molar-refractivity contribution is 0.0919. The fraction of sp³-hybridized carbons (Fsp3) is 0.769. The average Bonchev–Trinajstić information content (AvgIpc) is 2.73. The minimum absolute atomic E-state index is 0.0103. The molecule has 1 heterocycles. The summed E-state index contributed by atoms with van der Waals surface area (Å²) >= 11 is 0. The Kier molecular flexibility index (Phi) is 5.05. The molecule has 0 aliphatic heterocycles. The van der Waals surface area contributed by atoms with Gasteiger partial charge in [-0.1, -0.05) is 27.7 Å². The molecule has 0 saturated heterocycles. The molecule has 0 saturated carbocycles. The molecular weight excluding hydrogens is 242 g/mol. The first-order valence-electron chi connectivity index (χ1n) is 6.56. The van der Waals surface area contributed by atoms with Crippen LogP contribution in [0.2, 0.25) is 0 Å². The lowest BCUT2D eigenvalue weighted by atomic mass is 9.93. The monoisotopic (exact) mass is 267 g/mol. The Morgan fingerprint density at radius 3 is 2.53 bits per heavy atom. The van der Waals surface area contributed by atoms with Crippen molar-refractivity contribution >= 4 is 5.91 Å². The van der Waals surface area contributed by atoms with Crippen LogP contribution in [0.25, 0.3) is 0 Å². The van der Waals surface area contributed by atoms with Gasteiger partial charge in [0.25, 0.3) is 5.91 Å². The SMILES string of the molecule is CC(C)c1nc(C(=O)NCC(C)(C)CN(C)C)n[nH]1. The van der Waals surface area contributed by atoms with Crippen molar-refractivity contribution in [2.75, 3.05) is 27.2 Å². The van der Waals surface area contributed by atoms with E-state index in [1.165, 1.54) is 0 Å². The summed E-state index contributed by atoms with van der Waals surface area (Å²) in [5, 5.41) is 9.61. The van der Waals surface area contributed by atoms with E-state index in [0.29, 0.717) is 6.54 Å². The quantitative estimate of drug-likeness (QED) is 0.813. The molecule has 19 heavy (non-hydrogen) atoms. The number of nitrogens with zero attached hydrogens (tertiary/aromatic N) is 3. The molecule has 2 N–H and O–H groups in total. The normalized spacial score (nSPS) is 12.2. The third-order valence-corrected chi connectivity index (χ3v) is 2.72. The predicted octanol–water partition coefficient (Wildman–Crippen LogP) is 1.25. The van der Waals surface area contributed by atoms with Crippen LogP contribution in [0.5, 0.6) is 0 Å². The summed E-state index contributed by atoms with van der Waals surface area (Å²) in [6.07, 6.45) is 0. The van der Waals surface area contributed by atoms with Crippen LogP contribution in [0, 0.1) is 5.41 Å². The fourth-order valence-electron chi connectivity index (χ4n) is 1.94. The van der Waals surface area contributed by atoms with Gasteiger partial charge in [-0.2, -0.15) is 0 Å². The van der Waals surface area contributed by atoms with Gasteiger partial charge in [0, 0.05) is 19.0 Å². The Balaban J connectivity index is 2.55. The standard InChI is InChI=1S/C13H25N5O/c1-9(2)10-15-11(17-16-10)12(19)14-7-13(3,4)8-18(5)6/h9H,7-8H2,1-6H3,(H,14,19)(H,15,16,17). The van der Waals surface area contributed by atoms with Crippen LogP contribution in [-0.2, 0) is 0 Å². The highest BCUT2D eigenvalue weighted by molar-refractivity contribution is 5.90. The van der Waals surface area contributed by atoms with E-state index in [9.17, 15) is 4.79 Å². The van der Waals surface area contributed by atoms with E-state index < -0.39 is 0 Å². The van der Waals surface area contributed by atoms with Crippen molar-refractivity contribution < 1.29 is 4.79 Å². The third-order valence-electron chi connectivity index (χ3n) is 2.72. The lowest BCUT2D eigenvalue weighted by Crippen LogP contribution is -2.40. The summed E-state index contributed by atoms with van der Waals surface area (Å²) in [5.74, 6) is 0.955. The van der Waals surface area contributed by atoms with Crippen LogP contribution in [0.1, 0.15) is 50.1 Å². The summed E-state index contributed by atoms with van der Waals surface area (Å²) < 4.78 is 0. The van der Waals surface area contributed by atoms with Crippen molar-refractivity contribution in [2.24, 2.45) is 5.41 Å². The van der Waals surface area contributed by atoms with E-state index in [1.54, 1.807) is 0 Å². The average molecular weight is 267 g/mol. The Hall–Kier alpha value is -1.43. The minimum atomic E-state index is -0.227. The first-order valence-corrected chi connectivity index (χ1v) is 6.56. The summed E-state index contributed by atoms with van der Waals surface area (Å²) in [5.41, 5.74) is 0.0103. The molecule has 1 amide bonds. The first kappa shape index (κ1) is 15.6. The van der Waals surface area contributed by atoms with E-state index in [-0.39, 0.29) is 23.1 Å². The maximum absolute atomic E-state index is 11.9. The number of hydrogen-bond donors (Lipinski definition) is 2. The Morgan fingerprint density at radius 2 is 2.05 bits per heavy atom. The highest BCUT2D eigenvalue weighted by Gasteiger charge is 2.21. The van der Waals surface area contributed by atoms with Gasteiger partial charge in [-0.15, -0.1) is 5.10 Å². The van der Waals surface area contributed by atoms with Gasteiger partial charge in [-0.3, -0.25) is 9.89 Å². The van der Waals surface area contributed by atoms with Crippen molar-refractivity contribution in [2.45, 2.75) is 33.6 Å². The number of nitrogens with one attached hydrogen (secondary N) is 2. The van der Waals surface area contributed by atoms with Crippen LogP contribution in [0.3, 0.4) is 0 Å². The maximum Gasteiger partial charge on any atom is 0.290 e. The molecule has 6 heteroatoms. The van der Waals surface area contributed by atoms with Crippen LogP contribution in [0.15, 0.2) is 0 Å². The van der Waals surface area contributed by atoms with Crippen LogP contribution in [-0.4, -0.2) is 53.2 Å². The molecular formula is C13H25N5O. The zero-order valence-electron chi connectivity index (χ0n) is 12.7. The molecule has 0 aromatic carbocycles. The second-order valence-electron chi connectivity index (χ2n) is 6.28. The number of H-pyrrole nitrogens is 1. The van der Waals surface area contributed by atoms with Gasteiger partial charge in [0.1, 0.15) is 5.82 Å². The Labute approximate surface area is 115 Å². The predicted molar refractivity (Wildman–Crippen MR) is 75.1 cm³/mol. The van der Waals surface area contributed by atoms with Gasteiger partial charge < -0.3 is 10.2 Å². The van der Waals surface area contributed by atoms with Crippen LogP contribution < -0.4 is 5.32 Å². The summed E-state index contributed by atoms with van der Waals surface area (Å²) in [6, 6.07) is 0. The minimum Gasteiger partial charge on any atom is -0.349 e. The number of aromatic nitrogens is 3. The van der Waals surface area contributed by atoms with Crippen molar-refractivity contribution in [3.05, 3.63) is 11.6 Å². The van der Waals surface area contributed by atoms with E-state index in [0.717, 1.165) is 12.4 Å². The zero-order valence-corrected chi connectivity index (χ0v) is 12.7.